The van der Waals surface area contributed by atoms with Gasteiger partial charge in [0.1, 0.15) is 0 Å². The van der Waals surface area contributed by atoms with Gasteiger partial charge in [-0.2, -0.15) is 6.42 Å². The van der Waals surface area contributed by atoms with Gasteiger partial charge in [0.05, 0.1) is 0 Å². The molecule has 0 radical (unpaired) electrons. The maximum absolute atomic E-state index is 4.89. The summed E-state index contributed by atoms with van der Waals surface area (Å²) in [6, 6.07) is 0. The predicted octanol–water partition coefficient (Wildman–Crippen LogP) is 3.85. The van der Waals surface area contributed by atoms with E-state index >= 15 is 0 Å². The Kier molecular flexibility index (Phi) is 11.4. The van der Waals surface area contributed by atoms with Crippen LogP contribution in [0, 0.1) is 6.08 Å². The third kappa shape index (κ3) is 10.7. The van der Waals surface area contributed by atoms with Gasteiger partial charge in [-0.15, -0.1) is 0 Å². The Morgan fingerprint density at radius 2 is 1.73 bits per heavy atom. The van der Waals surface area contributed by atoms with E-state index in [0.717, 1.165) is 6.42 Å². The second-order valence-electron chi connectivity index (χ2n) is 2.04. The third-order valence-electron chi connectivity index (χ3n) is 1.24. The van der Waals surface area contributed by atoms with E-state index in [1.54, 1.807) is 0 Å². The summed E-state index contributed by atoms with van der Waals surface area (Å²) in [7, 11) is 9.78. The number of allylic oxidation sites excluding steroid dienone is 4. The summed E-state index contributed by atoms with van der Waals surface area (Å²) >= 11 is -0.556. The minimum atomic E-state index is -0.556. The Hall–Kier alpha value is 0.709. The molecule has 11 heavy (non-hydrogen) atoms. The molecule has 0 fully saturated rings. The molecule has 66 valence electrons. The Morgan fingerprint density at radius 1 is 1.09 bits per heavy atom. The molecule has 0 atom stereocenters. The van der Waals surface area contributed by atoms with Crippen LogP contribution in [0.15, 0.2) is 18.2 Å². The van der Waals surface area contributed by atoms with Gasteiger partial charge in [-0.1, -0.05) is 25.0 Å². The summed E-state index contributed by atoms with van der Waals surface area (Å²) in [6.45, 7) is 0. The SMILES string of the molecule is [C-]1=CCCC=CCC1.[Cl][Ir+][Cl]. The molecule has 0 aromatic carbocycles. The van der Waals surface area contributed by atoms with Gasteiger partial charge in [-0.25, -0.2) is 0 Å². The van der Waals surface area contributed by atoms with Gasteiger partial charge in [0.2, 0.25) is 0 Å². The molecule has 0 nitrogen and oxygen atoms in total. The maximum atomic E-state index is 4.89. The van der Waals surface area contributed by atoms with E-state index in [1.807, 2.05) is 0 Å². The normalized spacial score (nSPS) is 16.5. The Morgan fingerprint density at radius 3 is 2.45 bits per heavy atom. The quantitative estimate of drug-likeness (QED) is 0.449. The second-order valence-corrected chi connectivity index (χ2v) is 5.50. The summed E-state index contributed by atoms with van der Waals surface area (Å²) in [5.41, 5.74) is 0. The standard InChI is InChI=1S/C8H11.2ClH.Ir/c1-2-4-6-8-7-5-3-1;;;/h1-2,7H,3-6H2;2*1H;/q-1;;;+3/p-2. The monoisotopic (exact) mass is 370 g/mol. The average Bonchev–Trinajstić information content (AvgIpc) is 1.86. The van der Waals surface area contributed by atoms with Crippen molar-refractivity contribution in [3.8, 4) is 0 Å². The third-order valence-corrected chi connectivity index (χ3v) is 1.24. The Labute approximate surface area is 84.6 Å². The first-order valence-electron chi connectivity index (χ1n) is 3.45. The molecule has 0 saturated heterocycles. The number of rotatable bonds is 0. The fourth-order valence-corrected chi connectivity index (χ4v) is 0.786. The van der Waals surface area contributed by atoms with Crippen molar-refractivity contribution in [1.82, 2.24) is 0 Å². The van der Waals surface area contributed by atoms with Crippen LogP contribution in [0.3, 0.4) is 0 Å². The zero-order valence-electron chi connectivity index (χ0n) is 6.15. The molecule has 0 aromatic rings. The molecule has 0 heterocycles. The van der Waals surface area contributed by atoms with E-state index in [2.05, 4.69) is 24.3 Å². The van der Waals surface area contributed by atoms with Crippen LogP contribution in [0.2, 0.25) is 0 Å². The molecule has 1 aliphatic carbocycles. The molecule has 3 heteroatoms. The van der Waals surface area contributed by atoms with E-state index in [9.17, 15) is 0 Å². The van der Waals surface area contributed by atoms with Gasteiger partial charge in [-0.05, 0) is 6.42 Å². The van der Waals surface area contributed by atoms with Crippen molar-refractivity contribution in [2.24, 2.45) is 0 Å². The minimum absolute atomic E-state index is 0.556. The van der Waals surface area contributed by atoms with Gasteiger partial charge in [0.15, 0.2) is 0 Å². The Bertz CT molecular complexity index is 95.3. The van der Waals surface area contributed by atoms with Crippen molar-refractivity contribution in [2.75, 3.05) is 0 Å². The zero-order chi connectivity index (χ0) is 8.36. The average molecular weight is 370 g/mol. The first-order chi connectivity index (χ1) is 5.41. The van der Waals surface area contributed by atoms with E-state index in [4.69, 9.17) is 19.2 Å². The van der Waals surface area contributed by atoms with Crippen molar-refractivity contribution < 1.29 is 15.7 Å². The summed E-state index contributed by atoms with van der Waals surface area (Å²) in [5.74, 6) is 0. The molecular formula is C8H11Cl2Ir. The molecule has 0 amide bonds. The fourth-order valence-electron chi connectivity index (χ4n) is 0.786. The second kappa shape index (κ2) is 10.7. The van der Waals surface area contributed by atoms with Crippen LogP contribution in [-0.4, -0.2) is 0 Å². The van der Waals surface area contributed by atoms with E-state index in [1.165, 1.54) is 19.3 Å². The predicted molar refractivity (Wildman–Crippen MR) is 47.1 cm³/mol. The fraction of sp³-hybridized carbons (Fsp3) is 0.500. The van der Waals surface area contributed by atoms with Gasteiger partial charge >= 0.3 is 34.8 Å². The van der Waals surface area contributed by atoms with Crippen molar-refractivity contribution in [2.45, 2.75) is 25.7 Å². The molecule has 0 aromatic heterocycles. The van der Waals surface area contributed by atoms with Crippen LogP contribution in [0.4, 0.5) is 0 Å². The van der Waals surface area contributed by atoms with Gasteiger partial charge in [0.25, 0.3) is 0 Å². The molecular weight excluding hydrogens is 359 g/mol. The summed E-state index contributed by atoms with van der Waals surface area (Å²) in [4.78, 5) is 0. The molecule has 0 saturated carbocycles. The summed E-state index contributed by atoms with van der Waals surface area (Å²) in [5, 5.41) is 0. The van der Waals surface area contributed by atoms with Crippen molar-refractivity contribution in [1.29, 1.82) is 0 Å². The molecule has 0 aliphatic heterocycles. The number of hydrogen-bond acceptors (Lipinski definition) is 0. The van der Waals surface area contributed by atoms with Crippen molar-refractivity contribution >= 4 is 19.2 Å². The molecule has 0 N–H and O–H groups in total. The van der Waals surface area contributed by atoms with Gasteiger partial charge < -0.3 is 6.08 Å². The van der Waals surface area contributed by atoms with Crippen LogP contribution in [-0.2, 0) is 15.7 Å². The molecule has 0 unspecified atom stereocenters. The summed E-state index contributed by atoms with van der Waals surface area (Å²) in [6.07, 6.45) is 14.5. The molecule has 0 spiro atoms. The van der Waals surface area contributed by atoms with Gasteiger partial charge in [-0.3, -0.25) is 6.08 Å². The first-order valence-corrected chi connectivity index (χ1v) is 9.39. The van der Waals surface area contributed by atoms with Crippen molar-refractivity contribution in [3.63, 3.8) is 0 Å². The van der Waals surface area contributed by atoms with E-state index in [-0.39, 0.29) is 0 Å². The molecule has 1 rings (SSSR count). The van der Waals surface area contributed by atoms with Crippen LogP contribution in [0.25, 0.3) is 0 Å². The zero-order valence-corrected chi connectivity index (χ0v) is 10.1. The first kappa shape index (κ1) is 11.7. The van der Waals surface area contributed by atoms with E-state index in [0.29, 0.717) is 0 Å². The molecule has 0 bridgehead atoms. The molecule has 1 aliphatic rings. The van der Waals surface area contributed by atoms with Crippen LogP contribution in [0.5, 0.6) is 0 Å². The Balaban J connectivity index is 0.000000292. The van der Waals surface area contributed by atoms with Crippen LogP contribution >= 0.6 is 19.2 Å². The topological polar surface area (TPSA) is 0 Å². The van der Waals surface area contributed by atoms with Crippen LogP contribution in [0.1, 0.15) is 25.7 Å². The summed E-state index contributed by atoms with van der Waals surface area (Å²) < 4.78 is 0. The van der Waals surface area contributed by atoms with Crippen LogP contribution < -0.4 is 0 Å². The number of hydrogen-bond donors (Lipinski definition) is 0. The van der Waals surface area contributed by atoms with E-state index < -0.39 is 15.7 Å². The number of halogens is 2. The van der Waals surface area contributed by atoms with Crippen molar-refractivity contribution in [3.05, 3.63) is 24.3 Å². The van der Waals surface area contributed by atoms with Gasteiger partial charge in [0, 0.05) is 0 Å².